The van der Waals surface area contributed by atoms with Crippen molar-refractivity contribution in [3.05, 3.63) is 131 Å². The number of unbranched alkanes of at least 4 members (excludes halogenated alkanes) is 4. The zero-order valence-corrected chi connectivity index (χ0v) is 32.5. The topological polar surface area (TPSA) is 62.2 Å². The predicted molar refractivity (Wildman–Crippen MR) is 218 cm³/mol. The molecular weight excluding hydrogens is 681 g/mol. The molecule has 2 bridgehead atoms. The van der Waals surface area contributed by atoms with Gasteiger partial charge in [0.05, 0.1) is 19.3 Å². The molecule has 0 aromatic heterocycles. The number of hydrogen-bond acceptors (Lipinski definition) is 5. The number of amides is 1. The monoisotopic (exact) mass is 738 g/mol. The van der Waals surface area contributed by atoms with Gasteiger partial charge in [0.2, 0.25) is 5.91 Å². The number of methoxy groups -OCH3 is 1. The Hall–Kier alpha value is -4.13. The highest BCUT2D eigenvalue weighted by molar-refractivity contribution is 5.77. The first-order valence-electron chi connectivity index (χ1n) is 21.3. The van der Waals surface area contributed by atoms with Gasteiger partial charge in [0.25, 0.3) is 0 Å². The first-order valence-corrected chi connectivity index (χ1v) is 21.3. The fraction of sp³-hybridized carbons (Fsp3) is 0.490. The predicted octanol–water partition coefficient (Wildman–Crippen LogP) is 8.73. The van der Waals surface area contributed by atoms with Crippen molar-refractivity contribution in [3.63, 3.8) is 0 Å². The van der Waals surface area contributed by atoms with Crippen molar-refractivity contribution in [1.29, 1.82) is 0 Å². The molecule has 1 N–H and O–H groups in total. The SMILES string of the molecule is COc1ccc2c3c1O[C@H]1[C@@H](N(CC(c4ccccc4)c4ccccc4)C(=O)CCCCCCCc4ccccc4)CC[C@H]4[C@@H](C2)N(CC2CC2O)CC[C@@]341. The van der Waals surface area contributed by atoms with Crippen LogP contribution in [0.4, 0.5) is 0 Å². The van der Waals surface area contributed by atoms with Crippen LogP contribution in [0.3, 0.4) is 0 Å². The van der Waals surface area contributed by atoms with Gasteiger partial charge in [-0.15, -0.1) is 0 Å². The van der Waals surface area contributed by atoms with E-state index in [1.165, 1.54) is 40.7 Å². The van der Waals surface area contributed by atoms with Crippen LogP contribution in [0.5, 0.6) is 11.5 Å². The summed E-state index contributed by atoms with van der Waals surface area (Å²) in [6.07, 6.45) is 11.9. The Morgan fingerprint density at radius 3 is 2.25 bits per heavy atom. The normalized spacial score (nSPS) is 27.3. The largest absolute Gasteiger partial charge is 0.493 e. The Morgan fingerprint density at radius 2 is 1.56 bits per heavy atom. The molecule has 0 radical (unpaired) electrons. The van der Waals surface area contributed by atoms with Crippen LogP contribution in [0.1, 0.15) is 97.9 Å². The summed E-state index contributed by atoms with van der Waals surface area (Å²) in [5, 5.41) is 10.3. The number of aliphatic hydroxyl groups is 1. The fourth-order valence-electron chi connectivity index (χ4n) is 11.3. The standard InChI is InChI=1S/C49H58N2O4/c1-54-44-27-24-37-30-42-40-25-26-41(48-49(40,46(37)47(44)55-48)28-29-50(42)32-38-31-43(38)52)51(33-39(35-19-11-6-12-20-35)36-21-13-7-14-22-36)45(53)23-15-4-2-3-8-16-34-17-9-5-10-18-34/h5-7,9-14,17-22,24,27,38-43,48,52H,2-4,8,15-16,23,25-26,28-33H2,1H3/t38?,40-,41-,42+,43?,48-,49-/m0/s1. The van der Waals surface area contributed by atoms with Gasteiger partial charge in [-0.2, -0.15) is 0 Å². The Morgan fingerprint density at radius 1 is 0.891 bits per heavy atom. The number of nitrogens with zero attached hydrogens (tertiary/aromatic N) is 2. The smallest absolute Gasteiger partial charge is 0.222 e. The summed E-state index contributed by atoms with van der Waals surface area (Å²) in [5.74, 6) is 2.92. The average molecular weight is 739 g/mol. The van der Waals surface area contributed by atoms with Gasteiger partial charge < -0.3 is 19.5 Å². The number of rotatable bonds is 16. The molecule has 1 spiro atoms. The summed E-state index contributed by atoms with van der Waals surface area (Å²) < 4.78 is 13.3. The van der Waals surface area contributed by atoms with Crippen LogP contribution in [-0.2, 0) is 23.1 Å². The summed E-state index contributed by atoms with van der Waals surface area (Å²) in [5.41, 5.74) is 6.49. The van der Waals surface area contributed by atoms with Gasteiger partial charge in [0, 0.05) is 48.4 Å². The summed E-state index contributed by atoms with van der Waals surface area (Å²) in [6, 6.07) is 37.1. The van der Waals surface area contributed by atoms with Gasteiger partial charge in [-0.3, -0.25) is 9.69 Å². The Balaban J connectivity index is 1.01. The Bertz CT molecular complexity index is 1880. The van der Waals surface area contributed by atoms with Crippen LogP contribution in [-0.4, -0.2) is 71.8 Å². The average Bonchev–Trinajstić information content (AvgIpc) is 3.81. The highest BCUT2D eigenvalue weighted by Crippen LogP contribution is 2.64. The van der Waals surface area contributed by atoms with Crippen molar-refractivity contribution >= 4 is 5.91 Å². The number of aliphatic hydroxyl groups excluding tert-OH is 1. The number of aryl methyl sites for hydroxylation is 1. The van der Waals surface area contributed by atoms with Crippen molar-refractivity contribution < 1.29 is 19.4 Å². The van der Waals surface area contributed by atoms with Crippen LogP contribution in [0.2, 0.25) is 0 Å². The summed E-state index contributed by atoms with van der Waals surface area (Å²) in [6.45, 7) is 2.62. The fourth-order valence-corrected chi connectivity index (χ4v) is 11.3. The van der Waals surface area contributed by atoms with Crippen LogP contribution >= 0.6 is 0 Å². The zero-order valence-electron chi connectivity index (χ0n) is 32.5. The van der Waals surface area contributed by atoms with Gasteiger partial charge in [0.1, 0.15) is 6.10 Å². The molecule has 3 aliphatic carbocycles. The maximum absolute atomic E-state index is 15.0. The van der Waals surface area contributed by atoms with Crippen molar-refractivity contribution in [1.82, 2.24) is 9.80 Å². The number of ether oxygens (including phenoxy) is 2. The molecule has 288 valence electrons. The van der Waals surface area contributed by atoms with Crippen molar-refractivity contribution in [3.8, 4) is 11.5 Å². The van der Waals surface area contributed by atoms with Crippen molar-refractivity contribution in [2.45, 2.75) is 113 Å². The highest BCUT2D eigenvalue weighted by atomic mass is 16.5. The zero-order chi connectivity index (χ0) is 37.4. The van der Waals surface area contributed by atoms with Gasteiger partial charge in [-0.05, 0) is 92.1 Å². The quantitative estimate of drug-likeness (QED) is 0.117. The molecule has 2 heterocycles. The summed E-state index contributed by atoms with van der Waals surface area (Å²) >= 11 is 0. The first kappa shape index (κ1) is 36.5. The number of likely N-dealkylation sites (tertiary alicyclic amines) is 1. The summed E-state index contributed by atoms with van der Waals surface area (Å²) in [4.78, 5) is 20.0. The van der Waals surface area contributed by atoms with Crippen molar-refractivity contribution in [2.75, 3.05) is 26.7 Å². The molecule has 2 saturated carbocycles. The van der Waals surface area contributed by atoms with Gasteiger partial charge in [0.15, 0.2) is 11.5 Å². The van der Waals surface area contributed by atoms with E-state index in [-0.39, 0.29) is 35.5 Å². The number of carbonyl (C=O) groups excluding carboxylic acids is 1. The van der Waals surface area contributed by atoms with Crippen LogP contribution in [0.25, 0.3) is 0 Å². The van der Waals surface area contributed by atoms with Crippen LogP contribution in [0, 0.1) is 11.8 Å². The van der Waals surface area contributed by atoms with E-state index in [0.29, 0.717) is 30.8 Å². The molecule has 4 aromatic carbocycles. The third-order valence-corrected chi connectivity index (χ3v) is 14.2. The molecule has 4 aromatic rings. The molecule has 2 aliphatic heterocycles. The molecular formula is C49H58N2O4. The minimum absolute atomic E-state index is 0.0370. The maximum atomic E-state index is 15.0. The number of piperidine rings is 1. The second kappa shape index (κ2) is 15.8. The van der Waals surface area contributed by atoms with E-state index in [4.69, 9.17) is 9.47 Å². The lowest BCUT2D eigenvalue weighted by Crippen LogP contribution is -2.69. The second-order valence-electron chi connectivity index (χ2n) is 17.2. The lowest BCUT2D eigenvalue weighted by atomic mass is 9.51. The molecule has 1 amide bonds. The third kappa shape index (κ3) is 6.99. The summed E-state index contributed by atoms with van der Waals surface area (Å²) in [7, 11) is 1.76. The van der Waals surface area contributed by atoms with Gasteiger partial charge in [-0.1, -0.05) is 116 Å². The van der Waals surface area contributed by atoms with E-state index in [1.54, 1.807) is 7.11 Å². The molecule has 6 heteroatoms. The lowest BCUT2D eigenvalue weighted by Gasteiger charge is -2.60. The van der Waals surface area contributed by atoms with Gasteiger partial charge in [-0.25, -0.2) is 0 Å². The molecule has 3 fully saturated rings. The molecule has 9 rings (SSSR count). The molecule has 6 nitrogen and oxygen atoms in total. The number of carbonyl (C=O) groups is 1. The Labute approximate surface area is 327 Å². The Kier molecular flexibility index (Phi) is 10.5. The van der Waals surface area contributed by atoms with E-state index in [1.807, 2.05) is 0 Å². The highest BCUT2D eigenvalue weighted by Gasteiger charge is 2.67. The first-order chi connectivity index (χ1) is 27.0. The molecule has 5 aliphatic rings. The molecule has 2 unspecified atom stereocenters. The number of benzene rings is 4. The van der Waals surface area contributed by atoms with E-state index >= 15 is 0 Å². The van der Waals surface area contributed by atoms with Crippen molar-refractivity contribution in [2.24, 2.45) is 11.8 Å². The third-order valence-electron chi connectivity index (χ3n) is 14.2. The maximum Gasteiger partial charge on any atom is 0.222 e. The van der Waals surface area contributed by atoms with E-state index in [2.05, 4.69) is 113 Å². The minimum atomic E-state index is -0.157. The van der Waals surface area contributed by atoms with E-state index < -0.39 is 0 Å². The molecule has 1 saturated heterocycles. The minimum Gasteiger partial charge on any atom is -0.493 e. The van der Waals surface area contributed by atoms with E-state index in [0.717, 1.165) is 82.4 Å². The van der Waals surface area contributed by atoms with Crippen LogP contribution < -0.4 is 9.47 Å². The van der Waals surface area contributed by atoms with Gasteiger partial charge >= 0.3 is 0 Å². The number of hydrogen-bond donors (Lipinski definition) is 1. The molecule has 55 heavy (non-hydrogen) atoms. The second-order valence-corrected chi connectivity index (χ2v) is 17.2. The van der Waals surface area contributed by atoms with Crippen LogP contribution in [0.15, 0.2) is 103 Å². The lowest BCUT2D eigenvalue weighted by molar-refractivity contribution is -0.143. The molecule has 7 atom stereocenters. The van der Waals surface area contributed by atoms with E-state index in [9.17, 15) is 9.90 Å².